The molecule has 0 atom stereocenters. The second-order valence-corrected chi connectivity index (χ2v) is 6.94. The number of methoxy groups -OCH3 is 1. The summed E-state index contributed by atoms with van der Waals surface area (Å²) in [5.74, 6) is 0.422. The number of carbonyl (C=O) groups excluding carboxylic acids is 2. The van der Waals surface area contributed by atoms with Gasteiger partial charge in [-0.15, -0.1) is 0 Å². The molecule has 2 aromatic carbocycles. The highest BCUT2D eigenvalue weighted by Gasteiger charge is 2.10. The van der Waals surface area contributed by atoms with Crippen LogP contribution in [0.1, 0.15) is 23.7 Å². The van der Waals surface area contributed by atoms with Crippen molar-refractivity contribution >= 4 is 40.4 Å². The molecule has 1 amide bonds. The Kier molecular flexibility index (Phi) is 6.54. The van der Waals surface area contributed by atoms with Gasteiger partial charge in [-0.25, -0.2) is 9.78 Å². The Morgan fingerprint density at radius 1 is 1.18 bits per heavy atom. The van der Waals surface area contributed by atoms with Crippen LogP contribution in [-0.4, -0.2) is 41.3 Å². The second-order valence-electron chi connectivity index (χ2n) is 5.98. The van der Waals surface area contributed by atoms with Gasteiger partial charge in [-0.3, -0.25) is 4.79 Å². The number of nitrogens with one attached hydrogen (secondary N) is 2. The SMILES string of the molecule is CCCOC(=O)c1ccc(NC(=O)CSc2nc3ccc(OC)cc3[nH]2)cc1. The van der Waals surface area contributed by atoms with E-state index in [9.17, 15) is 9.59 Å². The Morgan fingerprint density at radius 2 is 1.96 bits per heavy atom. The first-order valence-electron chi connectivity index (χ1n) is 8.82. The van der Waals surface area contributed by atoms with Crippen molar-refractivity contribution in [3.8, 4) is 5.75 Å². The lowest BCUT2D eigenvalue weighted by molar-refractivity contribution is -0.113. The van der Waals surface area contributed by atoms with E-state index < -0.39 is 0 Å². The number of fused-ring (bicyclic) bond motifs is 1. The number of aromatic amines is 1. The van der Waals surface area contributed by atoms with E-state index in [0.717, 1.165) is 23.2 Å². The van der Waals surface area contributed by atoms with Crippen LogP contribution in [0, 0.1) is 0 Å². The van der Waals surface area contributed by atoms with Gasteiger partial charge in [0.25, 0.3) is 0 Å². The molecule has 28 heavy (non-hydrogen) atoms. The predicted molar refractivity (Wildman–Crippen MR) is 109 cm³/mol. The molecule has 0 radical (unpaired) electrons. The quantitative estimate of drug-likeness (QED) is 0.441. The molecule has 0 unspecified atom stereocenters. The van der Waals surface area contributed by atoms with Gasteiger partial charge in [-0.1, -0.05) is 18.7 Å². The van der Waals surface area contributed by atoms with E-state index in [-0.39, 0.29) is 17.6 Å². The minimum absolute atomic E-state index is 0.163. The number of aromatic nitrogens is 2. The Labute approximate surface area is 166 Å². The maximum Gasteiger partial charge on any atom is 0.338 e. The van der Waals surface area contributed by atoms with Gasteiger partial charge in [0.05, 0.1) is 36.1 Å². The van der Waals surface area contributed by atoms with E-state index in [2.05, 4.69) is 15.3 Å². The zero-order chi connectivity index (χ0) is 19.9. The van der Waals surface area contributed by atoms with Crippen LogP contribution in [0.5, 0.6) is 5.75 Å². The van der Waals surface area contributed by atoms with Crippen molar-refractivity contribution in [2.45, 2.75) is 18.5 Å². The Bertz CT molecular complexity index is 969. The number of amides is 1. The fraction of sp³-hybridized carbons (Fsp3) is 0.250. The smallest absolute Gasteiger partial charge is 0.338 e. The molecule has 0 spiro atoms. The van der Waals surface area contributed by atoms with Crippen LogP contribution < -0.4 is 10.1 Å². The third-order valence-electron chi connectivity index (χ3n) is 3.85. The van der Waals surface area contributed by atoms with Crippen LogP contribution in [0.4, 0.5) is 5.69 Å². The molecular formula is C20H21N3O4S. The van der Waals surface area contributed by atoms with E-state index in [4.69, 9.17) is 9.47 Å². The standard InChI is InChI=1S/C20H21N3O4S/c1-3-10-27-19(25)13-4-6-14(7-5-13)21-18(24)12-28-20-22-16-9-8-15(26-2)11-17(16)23-20/h4-9,11H,3,10,12H2,1-2H3,(H,21,24)(H,22,23). The largest absolute Gasteiger partial charge is 0.497 e. The van der Waals surface area contributed by atoms with Crippen molar-refractivity contribution in [2.75, 3.05) is 24.8 Å². The number of hydrogen-bond donors (Lipinski definition) is 2. The normalized spacial score (nSPS) is 10.6. The van der Waals surface area contributed by atoms with Gasteiger partial charge in [0.1, 0.15) is 5.75 Å². The number of ether oxygens (including phenoxy) is 2. The zero-order valence-electron chi connectivity index (χ0n) is 15.7. The summed E-state index contributed by atoms with van der Waals surface area (Å²) in [4.78, 5) is 31.6. The number of benzene rings is 2. The van der Waals surface area contributed by atoms with Gasteiger partial charge in [0.2, 0.25) is 5.91 Å². The zero-order valence-corrected chi connectivity index (χ0v) is 16.5. The average molecular weight is 399 g/mol. The summed E-state index contributed by atoms with van der Waals surface area (Å²) in [6, 6.07) is 12.2. The van der Waals surface area contributed by atoms with Gasteiger partial charge in [-0.05, 0) is 42.8 Å². The van der Waals surface area contributed by atoms with E-state index in [1.807, 2.05) is 25.1 Å². The minimum atomic E-state index is -0.364. The number of H-pyrrole nitrogens is 1. The van der Waals surface area contributed by atoms with Crippen molar-refractivity contribution in [3.63, 3.8) is 0 Å². The highest BCUT2D eigenvalue weighted by Crippen LogP contribution is 2.23. The summed E-state index contributed by atoms with van der Waals surface area (Å²) in [6.45, 7) is 2.33. The molecule has 0 bridgehead atoms. The van der Waals surface area contributed by atoms with E-state index in [1.165, 1.54) is 11.8 Å². The highest BCUT2D eigenvalue weighted by molar-refractivity contribution is 7.99. The van der Waals surface area contributed by atoms with E-state index >= 15 is 0 Å². The fourth-order valence-electron chi connectivity index (χ4n) is 2.46. The molecule has 2 N–H and O–H groups in total. The lowest BCUT2D eigenvalue weighted by Gasteiger charge is -2.06. The highest BCUT2D eigenvalue weighted by atomic mass is 32.2. The van der Waals surface area contributed by atoms with Gasteiger partial charge in [0, 0.05) is 11.8 Å². The topological polar surface area (TPSA) is 93.3 Å². The molecule has 0 aliphatic heterocycles. The summed E-state index contributed by atoms with van der Waals surface area (Å²) < 4.78 is 10.3. The van der Waals surface area contributed by atoms with Crippen LogP contribution >= 0.6 is 11.8 Å². The number of carbonyl (C=O) groups is 2. The maximum atomic E-state index is 12.2. The summed E-state index contributed by atoms with van der Waals surface area (Å²) in [5, 5.41) is 3.46. The van der Waals surface area contributed by atoms with E-state index in [1.54, 1.807) is 31.4 Å². The average Bonchev–Trinajstić information content (AvgIpc) is 3.13. The monoisotopic (exact) mass is 399 g/mol. The minimum Gasteiger partial charge on any atom is -0.497 e. The third kappa shape index (κ3) is 5.04. The Morgan fingerprint density at radius 3 is 2.68 bits per heavy atom. The summed E-state index contributed by atoms with van der Waals surface area (Å²) in [5.41, 5.74) is 2.74. The number of imidazole rings is 1. The van der Waals surface area contributed by atoms with Crippen LogP contribution in [0.15, 0.2) is 47.6 Å². The van der Waals surface area contributed by atoms with Crippen molar-refractivity contribution in [2.24, 2.45) is 0 Å². The lowest BCUT2D eigenvalue weighted by atomic mass is 10.2. The van der Waals surface area contributed by atoms with Crippen molar-refractivity contribution in [1.29, 1.82) is 0 Å². The number of nitrogens with zero attached hydrogens (tertiary/aromatic N) is 1. The first-order valence-corrected chi connectivity index (χ1v) is 9.81. The number of hydrogen-bond acceptors (Lipinski definition) is 6. The molecule has 0 saturated heterocycles. The molecule has 1 aromatic heterocycles. The second kappa shape index (κ2) is 9.27. The first kappa shape index (κ1) is 19.8. The summed E-state index contributed by atoms with van der Waals surface area (Å²) in [6.07, 6.45) is 0.774. The third-order valence-corrected chi connectivity index (χ3v) is 4.72. The number of rotatable bonds is 8. The summed E-state index contributed by atoms with van der Waals surface area (Å²) >= 11 is 1.31. The molecule has 3 rings (SSSR count). The van der Waals surface area contributed by atoms with Crippen LogP contribution in [0.2, 0.25) is 0 Å². The van der Waals surface area contributed by atoms with Crippen LogP contribution in [0.25, 0.3) is 11.0 Å². The molecule has 3 aromatic rings. The van der Waals surface area contributed by atoms with Crippen LogP contribution in [-0.2, 0) is 9.53 Å². The molecule has 0 aliphatic carbocycles. The Balaban J connectivity index is 1.53. The van der Waals surface area contributed by atoms with E-state index in [0.29, 0.717) is 23.0 Å². The predicted octanol–water partition coefficient (Wildman–Crippen LogP) is 3.87. The van der Waals surface area contributed by atoms with Crippen molar-refractivity contribution < 1.29 is 19.1 Å². The van der Waals surface area contributed by atoms with Gasteiger partial charge in [0.15, 0.2) is 5.16 Å². The molecule has 1 heterocycles. The molecular weight excluding hydrogens is 378 g/mol. The number of thioether (sulfide) groups is 1. The molecule has 8 heteroatoms. The summed E-state index contributed by atoms with van der Waals surface area (Å²) in [7, 11) is 1.61. The van der Waals surface area contributed by atoms with Crippen LogP contribution in [0.3, 0.4) is 0 Å². The van der Waals surface area contributed by atoms with Gasteiger partial charge in [-0.2, -0.15) is 0 Å². The lowest BCUT2D eigenvalue weighted by Crippen LogP contribution is -2.14. The van der Waals surface area contributed by atoms with Crippen molar-refractivity contribution in [1.82, 2.24) is 9.97 Å². The number of anilines is 1. The molecule has 7 nitrogen and oxygen atoms in total. The van der Waals surface area contributed by atoms with Gasteiger partial charge >= 0.3 is 5.97 Å². The molecule has 0 aliphatic rings. The van der Waals surface area contributed by atoms with Gasteiger partial charge < -0.3 is 19.8 Å². The Hall–Kier alpha value is -3.00. The molecule has 146 valence electrons. The van der Waals surface area contributed by atoms with Crippen molar-refractivity contribution in [3.05, 3.63) is 48.0 Å². The number of esters is 1. The first-order chi connectivity index (χ1) is 13.6. The molecule has 0 saturated carbocycles. The fourth-order valence-corrected chi connectivity index (χ4v) is 3.14. The molecule has 0 fully saturated rings. The maximum absolute atomic E-state index is 12.2.